The van der Waals surface area contributed by atoms with Crippen LogP contribution in [0.3, 0.4) is 0 Å². The van der Waals surface area contributed by atoms with E-state index in [1.54, 1.807) is 0 Å². The Balaban J connectivity index is 2.48. The molecule has 2 aromatic rings. The highest BCUT2D eigenvalue weighted by molar-refractivity contribution is 5.59. The van der Waals surface area contributed by atoms with Crippen molar-refractivity contribution in [2.24, 2.45) is 0 Å². The standard InChI is InChI=1S/C11H6F5N3/c12-6-7(13)9(15)11(10(16)8(6)14)19-5-2-1-4(17)3-18-5/h1-3H,17H2,(H,18,19). The normalized spacial score (nSPS) is 10.6. The molecule has 1 aromatic carbocycles. The van der Waals surface area contributed by atoms with Crippen molar-refractivity contribution in [1.29, 1.82) is 0 Å². The molecule has 0 bridgehead atoms. The fraction of sp³-hybridized carbons (Fsp3) is 0. The molecule has 8 heteroatoms. The van der Waals surface area contributed by atoms with Crippen LogP contribution in [-0.2, 0) is 0 Å². The first-order valence-corrected chi connectivity index (χ1v) is 4.91. The number of halogens is 5. The topological polar surface area (TPSA) is 50.9 Å². The van der Waals surface area contributed by atoms with Gasteiger partial charge in [-0.1, -0.05) is 0 Å². The van der Waals surface area contributed by atoms with Crippen LogP contribution in [0.1, 0.15) is 0 Å². The summed E-state index contributed by atoms with van der Waals surface area (Å²) in [5, 5.41) is 2.01. The molecule has 3 nitrogen and oxygen atoms in total. The monoisotopic (exact) mass is 275 g/mol. The van der Waals surface area contributed by atoms with Crippen LogP contribution in [0.5, 0.6) is 0 Å². The summed E-state index contributed by atoms with van der Waals surface area (Å²) in [4.78, 5) is 3.63. The molecule has 0 atom stereocenters. The van der Waals surface area contributed by atoms with Crippen LogP contribution in [-0.4, -0.2) is 4.98 Å². The fourth-order valence-electron chi connectivity index (χ4n) is 1.32. The van der Waals surface area contributed by atoms with Gasteiger partial charge in [0.2, 0.25) is 5.82 Å². The third kappa shape index (κ3) is 2.28. The van der Waals surface area contributed by atoms with Gasteiger partial charge in [-0.05, 0) is 12.1 Å². The minimum Gasteiger partial charge on any atom is -0.397 e. The number of hydrogen-bond donors (Lipinski definition) is 2. The van der Waals surface area contributed by atoms with Crippen LogP contribution in [0.4, 0.5) is 39.1 Å². The van der Waals surface area contributed by atoms with E-state index in [0.29, 0.717) is 0 Å². The molecule has 0 saturated heterocycles. The number of benzene rings is 1. The summed E-state index contributed by atoms with van der Waals surface area (Å²) < 4.78 is 65.3. The molecule has 1 heterocycles. The van der Waals surface area contributed by atoms with Gasteiger partial charge in [-0.3, -0.25) is 0 Å². The summed E-state index contributed by atoms with van der Waals surface area (Å²) in [6.07, 6.45) is 1.16. The maximum Gasteiger partial charge on any atom is 0.200 e. The Labute approximate surface area is 103 Å². The molecule has 0 aliphatic heterocycles. The largest absolute Gasteiger partial charge is 0.397 e. The van der Waals surface area contributed by atoms with Crippen LogP contribution in [0.25, 0.3) is 0 Å². The maximum atomic E-state index is 13.3. The van der Waals surface area contributed by atoms with Crippen molar-refractivity contribution in [2.75, 3.05) is 11.1 Å². The second-order valence-electron chi connectivity index (χ2n) is 3.55. The Morgan fingerprint density at radius 2 is 1.37 bits per heavy atom. The molecule has 0 fully saturated rings. The van der Waals surface area contributed by atoms with E-state index in [4.69, 9.17) is 5.73 Å². The Bertz CT molecular complexity index is 598. The zero-order valence-corrected chi connectivity index (χ0v) is 9.15. The van der Waals surface area contributed by atoms with Crippen LogP contribution < -0.4 is 11.1 Å². The van der Waals surface area contributed by atoms with Gasteiger partial charge in [0.1, 0.15) is 11.5 Å². The number of pyridine rings is 1. The average Bonchev–Trinajstić information content (AvgIpc) is 2.41. The van der Waals surface area contributed by atoms with Crippen molar-refractivity contribution >= 4 is 17.2 Å². The van der Waals surface area contributed by atoms with E-state index in [0.717, 1.165) is 6.20 Å². The molecule has 0 amide bonds. The van der Waals surface area contributed by atoms with Crippen molar-refractivity contribution in [3.8, 4) is 0 Å². The van der Waals surface area contributed by atoms with Crippen LogP contribution in [0, 0.1) is 29.1 Å². The first kappa shape index (κ1) is 13.1. The summed E-state index contributed by atoms with van der Waals surface area (Å²) in [6, 6.07) is 2.58. The molecule has 100 valence electrons. The molecular weight excluding hydrogens is 269 g/mol. The van der Waals surface area contributed by atoms with Crippen molar-refractivity contribution in [3.05, 3.63) is 47.4 Å². The molecule has 0 radical (unpaired) electrons. The number of hydrogen-bond acceptors (Lipinski definition) is 3. The molecule has 0 unspecified atom stereocenters. The second kappa shape index (κ2) is 4.71. The lowest BCUT2D eigenvalue weighted by molar-refractivity contribution is 0.382. The summed E-state index contributed by atoms with van der Waals surface area (Å²) in [7, 11) is 0. The first-order valence-electron chi connectivity index (χ1n) is 4.91. The molecule has 19 heavy (non-hydrogen) atoms. The van der Waals surface area contributed by atoms with Gasteiger partial charge in [0, 0.05) is 0 Å². The minimum atomic E-state index is -2.22. The summed E-state index contributed by atoms with van der Waals surface area (Å²) in [5.41, 5.74) is 4.45. The molecular formula is C11H6F5N3. The lowest BCUT2D eigenvalue weighted by atomic mass is 10.2. The number of nitrogens with two attached hydrogens (primary N) is 1. The van der Waals surface area contributed by atoms with Crippen molar-refractivity contribution in [1.82, 2.24) is 4.98 Å². The van der Waals surface area contributed by atoms with E-state index in [-0.39, 0.29) is 11.5 Å². The van der Waals surface area contributed by atoms with E-state index in [1.165, 1.54) is 12.1 Å². The maximum absolute atomic E-state index is 13.3. The van der Waals surface area contributed by atoms with Gasteiger partial charge in [-0.2, -0.15) is 0 Å². The first-order chi connectivity index (χ1) is 8.91. The molecule has 1 aromatic heterocycles. The third-order valence-corrected chi connectivity index (χ3v) is 2.25. The third-order valence-electron chi connectivity index (χ3n) is 2.25. The van der Waals surface area contributed by atoms with E-state index < -0.39 is 34.8 Å². The van der Waals surface area contributed by atoms with Gasteiger partial charge in [-0.25, -0.2) is 26.9 Å². The van der Waals surface area contributed by atoms with Crippen molar-refractivity contribution < 1.29 is 22.0 Å². The summed E-state index contributed by atoms with van der Waals surface area (Å²) >= 11 is 0. The molecule has 0 saturated carbocycles. The highest BCUT2D eigenvalue weighted by Gasteiger charge is 2.25. The predicted molar refractivity (Wildman–Crippen MR) is 58.2 cm³/mol. The summed E-state index contributed by atoms with van der Waals surface area (Å²) in [6.45, 7) is 0. The van der Waals surface area contributed by atoms with Gasteiger partial charge in [0.05, 0.1) is 11.9 Å². The Morgan fingerprint density at radius 3 is 1.84 bits per heavy atom. The van der Waals surface area contributed by atoms with E-state index in [2.05, 4.69) is 4.98 Å². The lowest BCUT2D eigenvalue weighted by Gasteiger charge is -2.10. The zero-order valence-electron chi connectivity index (χ0n) is 9.15. The van der Waals surface area contributed by atoms with Gasteiger partial charge < -0.3 is 11.1 Å². The Morgan fingerprint density at radius 1 is 0.842 bits per heavy atom. The number of nitrogen functional groups attached to an aromatic ring is 1. The minimum absolute atomic E-state index is 0.114. The zero-order chi connectivity index (χ0) is 14.2. The number of aromatic nitrogens is 1. The van der Waals surface area contributed by atoms with Gasteiger partial charge in [-0.15, -0.1) is 0 Å². The predicted octanol–water partition coefficient (Wildman–Crippen LogP) is 3.10. The van der Waals surface area contributed by atoms with E-state index in [9.17, 15) is 22.0 Å². The van der Waals surface area contributed by atoms with E-state index >= 15 is 0 Å². The van der Waals surface area contributed by atoms with Gasteiger partial charge >= 0.3 is 0 Å². The van der Waals surface area contributed by atoms with Crippen molar-refractivity contribution in [2.45, 2.75) is 0 Å². The van der Waals surface area contributed by atoms with Crippen LogP contribution in [0.2, 0.25) is 0 Å². The molecule has 3 N–H and O–H groups in total. The van der Waals surface area contributed by atoms with Crippen LogP contribution in [0.15, 0.2) is 18.3 Å². The quantitative estimate of drug-likeness (QED) is 0.503. The Hall–Kier alpha value is -2.38. The Kier molecular flexibility index (Phi) is 3.24. The SMILES string of the molecule is Nc1ccc(Nc2c(F)c(F)c(F)c(F)c2F)nc1. The molecule has 0 spiro atoms. The molecule has 0 aliphatic carbocycles. The lowest BCUT2D eigenvalue weighted by Crippen LogP contribution is -2.07. The van der Waals surface area contributed by atoms with Gasteiger partial charge in [0.15, 0.2) is 23.3 Å². The number of rotatable bonds is 2. The fourth-order valence-corrected chi connectivity index (χ4v) is 1.32. The van der Waals surface area contributed by atoms with E-state index in [1.807, 2.05) is 5.32 Å². The highest BCUT2D eigenvalue weighted by Crippen LogP contribution is 2.29. The molecule has 2 rings (SSSR count). The number of anilines is 3. The average molecular weight is 275 g/mol. The smallest absolute Gasteiger partial charge is 0.200 e. The van der Waals surface area contributed by atoms with Crippen molar-refractivity contribution in [3.63, 3.8) is 0 Å². The van der Waals surface area contributed by atoms with Crippen LogP contribution >= 0.6 is 0 Å². The van der Waals surface area contributed by atoms with Gasteiger partial charge in [0.25, 0.3) is 0 Å². The summed E-state index contributed by atoms with van der Waals surface area (Å²) in [5.74, 6) is -10.3. The highest BCUT2D eigenvalue weighted by atomic mass is 19.2. The second-order valence-corrected chi connectivity index (χ2v) is 3.55. The molecule has 0 aliphatic rings. The number of nitrogens with zero attached hydrogens (tertiary/aromatic N) is 1. The number of nitrogens with one attached hydrogen (secondary N) is 1.